The minimum absolute atomic E-state index is 0.103. The molecule has 2 bridgehead atoms. The molecule has 4 heteroatoms. The van der Waals surface area contributed by atoms with Gasteiger partial charge in [-0.1, -0.05) is 0 Å². The summed E-state index contributed by atoms with van der Waals surface area (Å²) in [5.74, 6) is 0.843. The highest BCUT2D eigenvalue weighted by Gasteiger charge is 2.38. The number of hydrogen-bond donors (Lipinski definition) is 0. The summed E-state index contributed by atoms with van der Waals surface area (Å²) in [4.78, 5) is 16.5. The third-order valence-corrected chi connectivity index (χ3v) is 3.89. The van der Waals surface area contributed by atoms with Crippen molar-refractivity contribution >= 4 is 5.78 Å². The highest BCUT2D eigenvalue weighted by molar-refractivity contribution is 5.97. The minimum atomic E-state index is 0.103. The van der Waals surface area contributed by atoms with E-state index in [0.717, 1.165) is 25.7 Å². The van der Waals surface area contributed by atoms with Crippen LogP contribution in [0.15, 0.2) is 18.3 Å². The van der Waals surface area contributed by atoms with Crippen molar-refractivity contribution in [2.75, 3.05) is 7.11 Å². The maximum Gasteiger partial charge on any atom is 0.212 e. The molecule has 0 saturated carbocycles. The van der Waals surface area contributed by atoms with Crippen LogP contribution in [-0.2, 0) is 4.74 Å². The molecule has 0 N–H and O–H groups in total. The number of pyridine rings is 1. The zero-order valence-electron chi connectivity index (χ0n) is 10.5. The van der Waals surface area contributed by atoms with Gasteiger partial charge in [0.15, 0.2) is 5.78 Å². The molecule has 2 fully saturated rings. The lowest BCUT2D eigenvalue weighted by Crippen LogP contribution is -2.30. The molecule has 0 amide bonds. The van der Waals surface area contributed by atoms with Crippen LogP contribution in [0.4, 0.5) is 0 Å². The van der Waals surface area contributed by atoms with E-state index in [1.807, 2.05) is 0 Å². The van der Waals surface area contributed by atoms with E-state index in [9.17, 15) is 4.79 Å². The van der Waals surface area contributed by atoms with E-state index in [2.05, 4.69) is 4.98 Å². The molecule has 1 aromatic rings. The second-order valence-corrected chi connectivity index (χ2v) is 5.08. The fourth-order valence-corrected chi connectivity index (χ4v) is 2.95. The maximum atomic E-state index is 12.4. The Morgan fingerprint density at radius 3 is 2.61 bits per heavy atom. The van der Waals surface area contributed by atoms with Gasteiger partial charge in [0.2, 0.25) is 5.88 Å². The summed E-state index contributed by atoms with van der Waals surface area (Å²) in [6.45, 7) is 0. The summed E-state index contributed by atoms with van der Waals surface area (Å²) in [7, 11) is 1.57. The third kappa shape index (κ3) is 2.12. The Hall–Kier alpha value is -1.42. The molecule has 2 atom stereocenters. The van der Waals surface area contributed by atoms with Crippen molar-refractivity contribution in [1.29, 1.82) is 0 Å². The zero-order valence-corrected chi connectivity index (χ0v) is 10.5. The van der Waals surface area contributed by atoms with E-state index in [1.54, 1.807) is 25.4 Å². The van der Waals surface area contributed by atoms with Crippen molar-refractivity contribution < 1.29 is 14.3 Å². The summed E-state index contributed by atoms with van der Waals surface area (Å²) in [5.41, 5.74) is 0.683. The van der Waals surface area contributed by atoms with Gasteiger partial charge < -0.3 is 9.47 Å². The lowest BCUT2D eigenvalue weighted by Gasteiger charge is -2.27. The second kappa shape index (κ2) is 4.69. The van der Waals surface area contributed by atoms with Crippen LogP contribution in [0.1, 0.15) is 36.0 Å². The number of Topliss-reactive ketones (excluding diaryl/α,β-unsaturated/α-hetero) is 1. The van der Waals surface area contributed by atoms with Gasteiger partial charge in [0.25, 0.3) is 0 Å². The Balaban J connectivity index is 1.73. The van der Waals surface area contributed by atoms with Gasteiger partial charge in [0, 0.05) is 23.7 Å². The monoisotopic (exact) mass is 247 g/mol. The molecule has 18 heavy (non-hydrogen) atoms. The molecule has 1 aromatic heterocycles. The van der Waals surface area contributed by atoms with Crippen LogP contribution >= 0.6 is 0 Å². The lowest BCUT2D eigenvalue weighted by atomic mass is 9.88. The van der Waals surface area contributed by atoms with Crippen molar-refractivity contribution in [1.82, 2.24) is 4.98 Å². The predicted molar refractivity (Wildman–Crippen MR) is 65.7 cm³/mol. The Morgan fingerprint density at radius 1 is 1.33 bits per heavy atom. The number of ketones is 1. The summed E-state index contributed by atoms with van der Waals surface area (Å²) < 4.78 is 10.8. The van der Waals surface area contributed by atoms with Crippen LogP contribution in [0, 0.1) is 5.92 Å². The smallest absolute Gasteiger partial charge is 0.212 e. The van der Waals surface area contributed by atoms with Crippen molar-refractivity contribution in [2.24, 2.45) is 5.92 Å². The summed E-state index contributed by atoms with van der Waals surface area (Å²) >= 11 is 0. The summed E-state index contributed by atoms with van der Waals surface area (Å²) in [6.07, 6.45) is 6.14. The van der Waals surface area contributed by atoms with Crippen molar-refractivity contribution in [3.05, 3.63) is 23.9 Å². The average molecular weight is 247 g/mol. The molecule has 3 rings (SSSR count). The summed E-state index contributed by atoms with van der Waals surface area (Å²) in [5, 5.41) is 0. The SMILES string of the molecule is COc1ccc(C(=O)C2CC3CCC(C2)O3)cn1. The normalized spacial score (nSPS) is 30.2. The Labute approximate surface area is 106 Å². The first-order valence-electron chi connectivity index (χ1n) is 6.46. The van der Waals surface area contributed by atoms with Gasteiger partial charge in [-0.25, -0.2) is 4.98 Å². The number of ether oxygens (including phenoxy) is 2. The van der Waals surface area contributed by atoms with Crippen LogP contribution in [0.5, 0.6) is 5.88 Å². The molecule has 2 unspecified atom stereocenters. The largest absolute Gasteiger partial charge is 0.481 e. The van der Waals surface area contributed by atoms with Gasteiger partial charge in [-0.05, 0) is 31.7 Å². The number of nitrogens with zero attached hydrogens (tertiary/aromatic N) is 1. The molecule has 0 radical (unpaired) electrons. The van der Waals surface area contributed by atoms with Gasteiger partial charge in [-0.2, -0.15) is 0 Å². The topological polar surface area (TPSA) is 48.4 Å². The first kappa shape index (κ1) is 11.7. The third-order valence-electron chi connectivity index (χ3n) is 3.89. The van der Waals surface area contributed by atoms with E-state index >= 15 is 0 Å². The van der Waals surface area contributed by atoms with E-state index in [-0.39, 0.29) is 11.7 Å². The fraction of sp³-hybridized carbons (Fsp3) is 0.571. The molecule has 4 nitrogen and oxygen atoms in total. The van der Waals surface area contributed by atoms with Crippen LogP contribution < -0.4 is 4.74 Å². The molecule has 96 valence electrons. The lowest BCUT2D eigenvalue weighted by molar-refractivity contribution is -0.0149. The molecule has 2 saturated heterocycles. The molecule has 0 aliphatic carbocycles. The second-order valence-electron chi connectivity index (χ2n) is 5.08. The first-order valence-corrected chi connectivity index (χ1v) is 6.46. The van der Waals surface area contributed by atoms with Gasteiger partial charge in [0.1, 0.15) is 0 Å². The quantitative estimate of drug-likeness (QED) is 0.768. The average Bonchev–Trinajstić information content (AvgIpc) is 2.77. The standard InChI is InChI=1S/C14H17NO3/c1-17-13-5-2-9(8-15-13)14(16)10-6-11-3-4-12(7-10)18-11/h2,5,8,10-12H,3-4,6-7H2,1H3. The van der Waals surface area contributed by atoms with Gasteiger partial charge in [-0.15, -0.1) is 0 Å². The number of aromatic nitrogens is 1. The molecule has 0 spiro atoms. The Bertz CT molecular complexity index is 431. The predicted octanol–water partition coefficient (Wildman–Crippen LogP) is 2.23. The van der Waals surface area contributed by atoms with Gasteiger partial charge in [-0.3, -0.25) is 4.79 Å². The van der Waals surface area contributed by atoms with E-state index < -0.39 is 0 Å². The molecule has 0 aromatic carbocycles. The highest BCUT2D eigenvalue weighted by Crippen LogP contribution is 2.37. The van der Waals surface area contributed by atoms with Crippen molar-refractivity contribution in [3.63, 3.8) is 0 Å². The number of methoxy groups -OCH3 is 1. The van der Waals surface area contributed by atoms with Crippen LogP contribution in [0.2, 0.25) is 0 Å². The van der Waals surface area contributed by atoms with E-state index in [0.29, 0.717) is 23.7 Å². The number of carbonyl (C=O) groups is 1. The van der Waals surface area contributed by atoms with E-state index in [1.165, 1.54) is 0 Å². The van der Waals surface area contributed by atoms with Crippen molar-refractivity contribution in [3.8, 4) is 5.88 Å². The molecule has 2 aliphatic heterocycles. The van der Waals surface area contributed by atoms with E-state index in [4.69, 9.17) is 9.47 Å². The minimum Gasteiger partial charge on any atom is -0.481 e. The number of carbonyl (C=O) groups excluding carboxylic acids is 1. The molecule has 2 aliphatic rings. The van der Waals surface area contributed by atoms with Crippen LogP contribution in [-0.4, -0.2) is 30.1 Å². The van der Waals surface area contributed by atoms with Gasteiger partial charge >= 0.3 is 0 Å². The van der Waals surface area contributed by atoms with Crippen LogP contribution in [0.25, 0.3) is 0 Å². The number of fused-ring (bicyclic) bond motifs is 2. The van der Waals surface area contributed by atoms with Gasteiger partial charge in [0.05, 0.1) is 19.3 Å². The molecular weight excluding hydrogens is 230 g/mol. The Morgan fingerprint density at radius 2 is 2.06 bits per heavy atom. The molecule has 3 heterocycles. The fourth-order valence-electron chi connectivity index (χ4n) is 2.95. The highest BCUT2D eigenvalue weighted by atomic mass is 16.5. The zero-order chi connectivity index (χ0) is 12.5. The Kier molecular flexibility index (Phi) is 3.04. The number of rotatable bonds is 3. The van der Waals surface area contributed by atoms with Crippen molar-refractivity contribution in [2.45, 2.75) is 37.9 Å². The first-order chi connectivity index (χ1) is 8.76. The van der Waals surface area contributed by atoms with Crippen LogP contribution in [0.3, 0.4) is 0 Å². The molecular formula is C14H17NO3. The number of hydrogen-bond acceptors (Lipinski definition) is 4. The summed E-state index contributed by atoms with van der Waals surface area (Å²) in [6, 6.07) is 3.53. The maximum absolute atomic E-state index is 12.4.